The monoisotopic (exact) mass is 419 g/mol. The molecule has 0 N–H and O–H groups in total. The molecule has 0 aliphatic carbocycles. The zero-order valence-corrected chi connectivity index (χ0v) is 16.4. The third-order valence-corrected chi connectivity index (χ3v) is 5.75. The number of aromatic nitrogens is 4. The maximum Gasteiger partial charge on any atom is 0.249 e. The quantitative estimate of drug-likeness (QED) is 0.603. The van der Waals surface area contributed by atoms with Gasteiger partial charge < -0.3 is 9.42 Å². The van der Waals surface area contributed by atoms with E-state index < -0.39 is 0 Å². The number of nitrogens with zero attached hydrogens (tertiary/aromatic N) is 5. The molecule has 1 aliphatic rings. The lowest BCUT2D eigenvalue weighted by molar-refractivity contribution is 0.355. The van der Waals surface area contributed by atoms with Gasteiger partial charge >= 0.3 is 0 Å². The Morgan fingerprint density at radius 3 is 2.88 bits per heavy atom. The summed E-state index contributed by atoms with van der Waals surface area (Å²) in [6.45, 7) is 5.15. The first-order valence-electron chi connectivity index (χ1n) is 8.32. The number of halogens is 1. The molecule has 130 valence electrons. The normalized spacial score (nSPS) is 17.6. The van der Waals surface area contributed by atoms with E-state index in [1.165, 1.54) is 11.5 Å². The summed E-state index contributed by atoms with van der Waals surface area (Å²) in [7, 11) is 0. The summed E-state index contributed by atoms with van der Waals surface area (Å²) in [6.07, 6.45) is 2.06. The van der Waals surface area contributed by atoms with Crippen LogP contribution in [0.15, 0.2) is 33.3 Å². The van der Waals surface area contributed by atoms with E-state index in [-0.39, 0.29) is 6.04 Å². The predicted octanol–water partition coefficient (Wildman–Crippen LogP) is 4.82. The number of anilines is 1. The van der Waals surface area contributed by atoms with E-state index in [4.69, 9.17) is 4.52 Å². The van der Waals surface area contributed by atoms with Crippen molar-refractivity contribution in [2.45, 2.75) is 38.6 Å². The van der Waals surface area contributed by atoms with E-state index in [9.17, 15) is 0 Å². The van der Waals surface area contributed by atoms with Crippen molar-refractivity contribution in [2.24, 2.45) is 0 Å². The Balaban J connectivity index is 1.61. The second-order valence-electron chi connectivity index (χ2n) is 6.38. The summed E-state index contributed by atoms with van der Waals surface area (Å²) in [5.41, 5.74) is 0.931. The molecule has 0 amide bonds. The molecule has 0 bridgehead atoms. The molecule has 1 saturated heterocycles. The molecular weight excluding hydrogens is 402 g/mol. The van der Waals surface area contributed by atoms with E-state index in [2.05, 4.69) is 54.2 Å². The highest BCUT2D eigenvalue weighted by Gasteiger charge is 2.33. The van der Waals surface area contributed by atoms with Gasteiger partial charge in [-0.25, -0.2) is 4.98 Å². The molecule has 1 fully saturated rings. The fraction of sp³-hybridized carbons (Fsp3) is 0.412. The zero-order chi connectivity index (χ0) is 17.4. The summed E-state index contributed by atoms with van der Waals surface area (Å²) in [5, 5.41) is 5.11. The average Bonchev–Trinajstić information content (AvgIpc) is 3.33. The largest absolute Gasteiger partial charge is 0.337 e. The Morgan fingerprint density at radius 1 is 1.28 bits per heavy atom. The first-order chi connectivity index (χ1) is 12.1. The second kappa shape index (κ2) is 6.84. The van der Waals surface area contributed by atoms with Crippen molar-refractivity contribution < 1.29 is 4.52 Å². The van der Waals surface area contributed by atoms with Crippen molar-refractivity contribution >= 4 is 32.6 Å². The van der Waals surface area contributed by atoms with Crippen LogP contribution in [0.2, 0.25) is 0 Å². The summed E-state index contributed by atoms with van der Waals surface area (Å²) in [4.78, 5) is 11.6. The zero-order valence-electron chi connectivity index (χ0n) is 14.0. The Hall–Kier alpha value is -1.80. The molecule has 4 rings (SSSR count). The Bertz CT molecular complexity index is 877. The molecule has 25 heavy (non-hydrogen) atoms. The van der Waals surface area contributed by atoms with Crippen molar-refractivity contribution in [1.29, 1.82) is 0 Å². The minimum Gasteiger partial charge on any atom is -0.337 e. The first-order valence-corrected chi connectivity index (χ1v) is 9.89. The highest BCUT2D eigenvalue weighted by molar-refractivity contribution is 9.10. The van der Waals surface area contributed by atoms with Gasteiger partial charge in [-0.2, -0.15) is 9.36 Å². The number of hydrogen-bond donors (Lipinski definition) is 0. The van der Waals surface area contributed by atoms with Gasteiger partial charge in [0.1, 0.15) is 11.9 Å². The average molecular weight is 420 g/mol. The van der Waals surface area contributed by atoms with Gasteiger partial charge in [0.15, 0.2) is 0 Å². The maximum atomic E-state index is 5.60. The molecule has 0 saturated carbocycles. The van der Waals surface area contributed by atoms with E-state index in [0.717, 1.165) is 40.4 Å². The van der Waals surface area contributed by atoms with Crippen molar-refractivity contribution in [1.82, 2.24) is 19.5 Å². The van der Waals surface area contributed by atoms with Gasteiger partial charge in [-0.05, 0) is 25.0 Å². The van der Waals surface area contributed by atoms with E-state index in [1.54, 1.807) is 0 Å². The topological polar surface area (TPSA) is 67.9 Å². The van der Waals surface area contributed by atoms with Crippen molar-refractivity contribution in [3.63, 3.8) is 0 Å². The Morgan fingerprint density at radius 2 is 2.12 bits per heavy atom. The number of rotatable bonds is 4. The van der Waals surface area contributed by atoms with Crippen LogP contribution in [0.4, 0.5) is 5.13 Å². The van der Waals surface area contributed by atoms with Crippen molar-refractivity contribution in [3.8, 4) is 11.4 Å². The second-order valence-corrected chi connectivity index (χ2v) is 7.96. The summed E-state index contributed by atoms with van der Waals surface area (Å²) < 4.78 is 11.0. The van der Waals surface area contributed by atoms with Gasteiger partial charge in [0.05, 0.1) is 0 Å². The van der Waals surface area contributed by atoms with Gasteiger partial charge in [-0.15, -0.1) is 0 Å². The summed E-state index contributed by atoms with van der Waals surface area (Å²) in [6, 6.07) is 7.95. The van der Waals surface area contributed by atoms with Crippen molar-refractivity contribution in [3.05, 3.63) is 40.5 Å². The van der Waals surface area contributed by atoms with Gasteiger partial charge in [-0.1, -0.05) is 47.1 Å². The summed E-state index contributed by atoms with van der Waals surface area (Å²) >= 11 is 4.99. The third kappa shape index (κ3) is 3.20. The van der Waals surface area contributed by atoms with Gasteiger partial charge in [0.2, 0.25) is 16.8 Å². The van der Waals surface area contributed by atoms with Crippen LogP contribution in [0.25, 0.3) is 11.4 Å². The first kappa shape index (κ1) is 16.7. The standard InChI is InChI=1S/C17H18BrN5OS/c1-10(2)14-20-17(25-22-14)23-9-5-8-13(23)16-19-15(21-24-16)11-6-3-4-7-12(11)18/h3-4,6-7,10,13H,5,8-9H2,1-2H3. The molecule has 1 aliphatic heterocycles. The van der Waals surface area contributed by atoms with Gasteiger partial charge in [0.25, 0.3) is 0 Å². The molecular formula is C17H18BrN5OS. The molecule has 0 spiro atoms. The van der Waals surface area contributed by atoms with E-state index in [0.29, 0.717) is 17.6 Å². The molecule has 3 heterocycles. The lowest BCUT2D eigenvalue weighted by Gasteiger charge is -2.20. The van der Waals surface area contributed by atoms with E-state index in [1.807, 2.05) is 24.3 Å². The van der Waals surface area contributed by atoms with Crippen LogP contribution < -0.4 is 4.90 Å². The van der Waals surface area contributed by atoms with Gasteiger partial charge in [0, 0.05) is 34.0 Å². The van der Waals surface area contributed by atoms with Gasteiger partial charge in [-0.3, -0.25) is 0 Å². The van der Waals surface area contributed by atoms with Crippen LogP contribution in [-0.2, 0) is 0 Å². The smallest absolute Gasteiger partial charge is 0.249 e. The minimum absolute atomic E-state index is 0.0664. The fourth-order valence-electron chi connectivity index (χ4n) is 2.95. The van der Waals surface area contributed by atoms with Crippen LogP contribution in [-0.4, -0.2) is 26.0 Å². The van der Waals surface area contributed by atoms with Crippen molar-refractivity contribution in [2.75, 3.05) is 11.4 Å². The predicted molar refractivity (Wildman–Crippen MR) is 101 cm³/mol. The molecule has 0 radical (unpaired) electrons. The highest BCUT2D eigenvalue weighted by atomic mass is 79.9. The molecule has 2 aromatic heterocycles. The lowest BCUT2D eigenvalue weighted by Crippen LogP contribution is -2.22. The van der Waals surface area contributed by atoms with Crippen LogP contribution in [0.5, 0.6) is 0 Å². The lowest BCUT2D eigenvalue weighted by atomic mass is 10.2. The van der Waals surface area contributed by atoms with Crippen LogP contribution in [0.1, 0.15) is 50.4 Å². The third-order valence-electron chi connectivity index (χ3n) is 4.29. The van der Waals surface area contributed by atoms with Crippen LogP contribution >= 0.6 is 27.5 Å². The molecule has 8 heteroatoms. The van der Waals surface area contributed by atoms with Crippen LogP contribution in [0, 0.1) is 0 Å². The molecule has 6 nitrogen and oxygen atoms in total. The van der Waals surface area contributed by atoms with E-state index >= 15 is 0 Å². The number of benzene rings is 1. The Kier molecular flexibility index (Phi) is 4.56. The highest BCUT2D eigenvalue weighted by Crippen LogP contribution is 2.37. The molecule has 1 aromatic carbocycles. The Labute approximate surface area is 158 Å². The molecule has 3 aromatic rings. The number of hydrogen-bond acceptors (Lipinski definition) is 7. The summed E-state index contributed by atoms with van der Waals surface area (Å²) in [5.74, 6) is 2.47. The maximum absolute atomic E-state index is 5.60. The molecule has 1 unspecified atom stereocenters. The fourth-order valence-corrected chi connectivity index (χ4v) is 4.30. The van der Waals surface area contributed by atoms with Crippen LogP contribution in [0.3, 0.4) is 0 Å². The SMILES string of the molecule is CC(C)c1nsc(N2CCCC2c2nc(-c3ccccc3Br)no2)n1. The molecule has 1 atom stereocenters. The minimum atomic E-state index is 0.0664.